The Kier molecular flexibility index (Phi) is 6.95. The SMILES string of the molecule is CCc1nnc(C)cc1C(=O)NCC(N)c1ccccc1.Cl. The summed E-state index contributed by atoms with van der Waals surface area (Å²) in [6.07, 6.45) is 0.667. The van der Waals surface area contributed by atoms with Gasteiger partial charge in [0, 0.05) is 12.6 Å². The van der Waals surface area contributed by atoms with Crippen molar-refractivity contribution in [3.05, 3.63) is 58.9 Å². The third kappa shape index (κ3) is 4.51. The van der Waals surface area contributed by atoms with E-state index in [1.165, 1.54) is 0 Å². The van der Waals surface area contributed by atoms with Crippen molar-refractivity contribution in [3.63, 3.8) is 0 Å². The first-order valence-corrected chi connectivity index (χ1v) is 7.03. The quantitative estimate of drug-likeness (QED) is 0.885. The molecule has 0 fully saturated rings. The van der Waals surface area contributed by atoms with Gasteiger partial charge in [-0.2, -0.15) is 10.2 Å². The molecule has 0 spiro atoms. The fourth-order valence-electron chi connectivity index (χ4n) is 2.09. The molecule has 0 saturated carbocycles. The Bertz CT molecular complexity index is 619. The number of aryl methyl sites for hydroxylation is 2. The monoisotopic (exact) mass is 320 g/mol. The normalized spacial score (nSPS) is 11.4. The minimum atomic E-state index is -0.226. The molecule has 1 heterocycles. The molecular weight excluding hydrogens is 300 g/mol. The van der Waals surface area contributed by atoms with Crippen molar-refractivity contribution in [2.24, 2.45) is 5.73 Å². The zero-order chi connectivity index (χ0) is 15.2. The lowest BCUT2D eigenvalue weighted by molar-refractivity contribution is 0.0949. The predicted molar refractivity (Wildman–Crippen MR) is 89.1 cm³/mol. The minimum absolute atomic E-state index is 0. The summed E-state index contributed by atoms with van der Waals surface area (Å²) in [5, 5.41) is 10.9. The van der Waals surface area contributed by atoms with Gasteiger partial charge in [-0.15, -0.1) is 12.4 Å². The first-order chi connectivity index (χ1) is 10.1. The molecule has 5 nitrogen and oxygen atoms in total. The number of aromatic nitrogens is 2. The van der Waals surface area contributed by atoms with E-state index in [0.29, 0.717) is 24.2 Å². The molecule has 0 aliphatic rings. The second-order valence-electron chi connectivity index (χ2n) is 4.93. The number of halogens is 1. The van der Waals surface area contributed by atoms with Crippen LogP contribution in [0.4, 0.5) is 0 Å². The molecule has 6 heteroatoms. The van der Waals surface area contributed by atoms with E-state index in [1.807, 2.05) is 44.2 Å². The molecule has 2 rings (SSSR count). The van der Waals surface area contributed by atoms with Crippen molar-refractivity contribution in [2.75, 3.05) is 6.54 Å². The second-order valence-corrected chi connectivity index (χ2v) is 4.93. The summed E-state index contributed by atoms with van der Waals surface area (Å²) in [6.45, 7) is 4.15. The highest BCUT2D eigenvalue weighted by Crippen LogP contribution is 2.10. The van der Waals surface area contributed by atoms with Crippen molar-refractivity contribution >= 4 is 18.3 Å². The topological polar surface area (TPSA) is 80.9 Å². The third-order valence-corrected chi connectivity index (χ3v) is 3.28. The maximum atomic E-state index is 12.3. The maximum Gasteiger partial charge on any atom is 0.253 e. The predicted octanol–water partition coefficient (Wildman–Crippen LogP) is 2.20. The molecule has 1 aromatic carbocycles. The summed E-state index contributed by atoms with van der Waals surface area (Å²) in [6, 6.07) is 11.2. The van der Waals surface area contributed by atoms with Crippen LogP contribution in [0.1, 0.15) is 40.3 Å². The third-order valence-electron chi connectivity index (χ3n) is 3.28. The fraction of sp³-hybridized carbons (Fsp3) is 0.312. The highest BCUT2D eigenvalue weighted by Gasteiger charge is 2.14. The first kappa shape index (κ1) is 18.1. The molecular formula is C16H21ClN4O. The summed E-state index contributed by atoms with van der Waals surface area (Å²) in [5.74, 6) is -0.156. The van der Waals surface area contributed by atoms with Crippen LogP contribution in [-0.2, 0) is 6.42 Å². The highest BCUT2D eigenvalue weighted by molar-refractivity contribution is 5.95. The Morgan fingerprint density at radius 3 is 2.59 bits per heavy atom. The van der Waals surface area contributed by atoms with Gasteiger partial charge in [-0.1, -0.05) is 37.3 Å². The average Bonchev–Trinajstić information content (AvgIpc) is 2.53. The zero-order valence-electron chi connectivity index (χ0n) is 12.7. The molecule has 0 aliphatic heterocycles. The van der Waals surface area contributed by atoms with E-state index in [2.05, 4.69) is 15.5 Å². The molecule has 1 aromatic heterocycles. The first-order valence-electron chi connectivity index (χ1n) is 7.03. The van der Waals surface area contributed by atoms with Gasteiger partial charge < -0.3 is 11.1 Å². The number of nitrogens with two attached hydrogens (primary N) is 1. The number of nitrogens with zero attached hydrogens (tertiary/aromatic N) is 2. The Morgan fingerprint density at radius 2 is 1.95 bits per heavy atom. The Morgan fingerprint density at radius 1 is 1.27 bits per heavy atom. The maximum absolute atomic E-state index is 12.3. The number of amides is 1. The molecule has 118 valence electrons. The molecule has 0 saturated heterocycles. The van der Waals surface area contributed by atoms with E-state index in [0.717, 1.165) is 11.3 Å². The Hall–Kier alpha value is -1.98. The van der Waals surface area contributed by atoms with Gasteiger partial charge in [0.2, 0.25) is 0 Å². The number of hydrogen-bond acceptors (Lipinski definition) is 4. The van der Waals surface area contributed by atoms with Gasteiger partial charge in [-0.25, -0.2) is 0 Å². The smallest absolute Gasteiger partial charge is 0.253 e. The lowest BCUT2D eigenvalue weighted by atomic mass is 10.1. The number of benzene rings is 1. The molecule has 0 radical (unpaired) electrons. The van der Waals surface area contributed by atoms with Crippen LogP contribution in [0.2, 0.25) is 0 Å². The molecule has 1 amide bonds. The fourth-order valence-corrected chi connectivity index (χ4v) is 2.09. The van der Waals surface area contributed by atoms with E-state index >= 15 is 0 Å². The van der Waals surface area contributed by atoms with Crippen molar-refractivity contribution < 1.29 is 4.79 Å². The Balaban J connectivity index is 0.00000242. The van der Waals surface area contributed by atoms with Crippen molar-refractivity contribution in [1.82, 2.24) is 15.5 Å². The lowest BCUT2D eigenvalue weighted by Crippen LogP contribution is -2.32. The largest absolute Gasteiger partial charge is 0.350 e. The molecule has 2 aromatic rings. The van der Waals surface area contributed by atoms with Gasteiger partial charge in [0.05, 0.1) is 17.0 Å². The van der Waals surface area contributed by atoms with Crippen LogP contribution in [0, 0.1) is 6.92 Å². The van der Waals surface area contributed by atoms with Crippen LogP contribution < -0.4 is 11.1 Å². The molecule has 1 atom stereocenters. The molecule has 0 aliphatic carbocycles. The second kappa shape index (κ2) is 8.46. The number of hydrogen-bond donors (Lipinski definition) is 2. The lowest BCUT2D eigenvalue weighted by Gasteiger charge is -2.14. The van der Waals surface area contributed by atoms with Gasteiger partial charge in [0.1, 0.15) is 0 Å². The van der Waals surface area contributed by atoms with E-state index < -0.39 is 0 Å². The van der Waals surface area contributed by atoms with Gasteiger partial charge in [0.15, 0.2) is 0 Å². The van der Waals surface area contributed by atoms with Crippen LogP contribution in [0.15, 0.2) is 36.4 Å². The van der Waals surface area contributed by atoms with Crippen LogP contribution in [0.3, 0.4) is 0 Å². The van der Waals surface area contributed by atoms with Crippen LogP contribution in [0.5, 0.6) is 0 Å². The molecule has 1 unspecified atom stereocenters. The highest BCUT2D eigenvalue weighted by atomic mass is 35.5. The number of carbonyl (C=O) groups is 1. The summed E-state index contributed by atoms with van der Waals surface area (Å²) < 4.78 is 0. The zero-order valence-corrected chi connectivity index (χ0v) is 13.6. The standard InChI is InChI=1S/C16H20N4O.ClH/c1-3-15-13(9-11(2)19-20-15)16(21)18-10-14(17)12-7-5-4-6-8-12;/h4-9,14H,3,10,17H2,1-2H3,(H,18,21);1H. The summed E-state index contributed by atoms with van der Waals surface area (Å²) >= 11 is 0. The average molecular weight is 321 g/mol. The molecule has 3 N–H and O–H groups in total. The minimum Gasteiger partial charge on any atom is -0.350 e. The summed E-state index contributed by atoms with van der Waals surface area (Å²) in [5.41, 5.74) is 9.08. The van der Waals surface area contributed by atoms with Gasteiger partial charge in [0.25, 0.3) is 5.91 Å². The van der Waals surface area contributed by atoms with Crippen molar-refractivity contribution in [3.8, 4) is 0 Å². The van der Waals surface area contributed by atoms with Crippen LogP contribution in [-0.4, -0.2) is 22.6 Å². The molecule has 22 heavy (non-hydrogen) atoms. The van der Waals surface area contributed by atoms with E-state index in [-0.39, 0.29) is 24.4 Å². The van der Waals surface area contributed by atoms with E-state index in [9.17, 15) is 4.79 Å². The van der Waals surface area contributed by atoms with Crippen LogP contribution in [0.25, 0.3) is 0 Å². The van der Waals surface area contributed by atoms with Gasteiger partial charge in [-0.3, -0.25) is 4.79 Å². The number of carbonyl (C=O) groups excluding carboxylic acids is 1. The molecule has 0 bridgehead atoms. The number of rotatable bonds is 5. The van der Waals surface area contributed by atoms with Crippen molar-refractivity contribution in [1.29, 1.82) is 0 Å². The number of nitrogens with one attached hydrogen (secondary N) is 1. The van der Waals surface area contributed by atoms with Gasteiger partial charge >= 0.3 is 0 Å². The van der Waals surface area contributed by atoms with E-state index in [4.69, 9.17) is 5.73 Å². The van der Waals surface area contributed by atoms with E-state index in [1.54, 1.807) is 6.07 Å². The summed E-state index contributed by atoms with van der Waals surface area (Å²) in [4.78, 5) is 12.3. The summed E-state index contributed by atoms with van der Waals surface area (Å²) in [7, 11) is 0. The Labute approximate surface area is 136 Å². The van der Waals surface area contributed by atoms with Gasteiger partial charge in [-0.05, 0) is 25.0 Å². The van der Waals surface area contributed by atoms with Crippen molar-refractivity contribution in [2.45, 2.75) is 26.3 Å². The van der Waals surface area contributed by atoms with Crippen LogP contribution >= 0.6 is 12.4 Å².